The van der Waals surface area contributed by atoms with Gasteiger partial charge in [-0.05, 0) is 36.6 Å². The number of rotatable bonds is 1. The molecule has 8 heteroatoms. The van der Waals surface area contributed by atoms with Gasteiger partial charge in [0, 0.05) is 29.4 Å². The first-order valence-electron chi connectivity index (χ1n) is 7.93. The number of nitrogens with zero attached hydrogens (tertiary/aromatic N) is 3. The van der Waals surface area contributed by atoms with Gasteiger partial charge in [-0.1, -0.05) is 15.9 Å². The summed E-state index contributed by atoms with van der Waals surface area (Å²) in [6.45, 7) is 4.22. The van der Waals surface area contributed by atoms with E-state index in [1.165, 1.54) is 0 Å². The zero-order valence-electron chi connectivity index (χ0n) is 13.4. The standard InChI is InChI=1S/C16H18BrN3O4/c1-16(2)15(22)14(20-4-3-8(17)5-13(20)21)9-6-10-11(19-24-18-10)7-12(9)23-16/h6-8,14-15,22H,3-5H2,1-2H3. The summed E-state index contributed by atoms with van der Waals surface area (Å²) in [4.78, 5) is 14.5. The molecule has 24 heavy (non-hydrogen) atoms. The smallest absolute Gasteiger partial charge is 0.224 e. The maximum absolute atomic E-state index is 12.6. The van der Waals surface area contributed by atoms with Gasteiger partial charge in [-0.2, -0.15) is 0 Å². The Kier molecular flexibility index (Phi) is 3.58. The third-order valence-electron chi connectivity index (χ3n) is 4.82. The number of alkyl halides is 1. The van der Waals surface area contributed by atoms with Crippen LogP contribution in [0, 0.1) is 0 Å². The second-order valence-electron chi connectivity index (χ2n) is 6.92. The van der Waals surface area contributed by atoms with Crippen LogP contribution in [0.2, 0.25) is 0 Å². The second kappa shape index (κ2) is 5.42. The van der Waals surface area contributed by atoms with Gasteiger partial charge >= 0.3 is 0 Å². The van der Waals surface area contributed by atoms with E-state index in [-0.39, 0.29) is 10.7 Å². The summed E-state index contributed by atoms with van der Waals surface area (Å²) in [5, 5.41) is 18.6. The van der Waals surface area contributed by atoms with E-state index < -0.39 is 17.7 Å². The summed E-state index contributed by atoms with van der Waals surface area (Å²) >= 11 is 3.51. The van der Waals surface area contributed by atoms with Crippen LogP contribution in [-0.2, 0) is 4.79 Å². The number of hydrogen-bond acceptors (Lipinski definition) is 6. The average molecular weight is 396 g/mol. The molecular formula is C16H18BrN3O4. The molecule has 0 saturated carbocycles. The van der Waals surface area contributed by atoms with Crippen LogP contribution < -0.4 is 4.74 Å². The summed E-state index contributed by atoms with van der Waals surface area (Å²) in [7, 11) is 0. The van der Waals surface area contributed by atoms with Crippen molar-refractivity contribution >= 4 is 32.9 Å². The van der Waals surface area contributed by atoms with Crippen molar-refractivity contribution in [2.75, 3.05) is 6.54 Å². The molecule has 1 aromatic carbocycles. The quantitative estimate of drug-likeness (QED) is 0.744. The van der Waals surface area contributed by atoms with E-state index in [1.807, 2.05) is 13.8 Å². The van der Waals surface area contributed by atoms with Crippen molar-refractivity contribution in [3.63, 3.8) is 0 Å². The Hall–Kier alpha value is -1.67. The Labute approximate surface area is 147 Å². The number of halogens is 1. The Bertz CT molecular complexity index is 806. The molecule has 1 aromatic heterocycles. The fraction of sp³-hybridized carbons (Fsp3) is 0.562. The van der Waals surface area contributed by atoms with E-state index in [0.29, 0.717) is 29.7 Å². The van der Waals surface area contributed by atoms with Crippen molar-refractivity contribution in [1.29, 1.82) is 0 Å². The van der Waals surface area contributed by atoms with E-state index in [4.69, 9.17) is 9.37 Å². The largest absolute Gasteiger partial charge is 0.485 e. The van der Waals surface area contributed by atoms with Crippen LogP contribution in [0.1, 0.15) is 38.3 Å². The van der Waals surface area contributed by atoms with Gasteiger partial charge < -0.3 is 14.7 Å². The highest BCUT2D eigenvalue weighted by molar-refractivity contribution is 9.09. The van der Waals surface area contributed by atoms with Gasteiger partial charge in [-0.3, -0.25) is 4.79 Å². The summed E-state index contributed by atoms with van der Waals surface area (Å²) in [6.07, 6.45) is 0.422. The Morgan fingerprint density at radius 2 is 2.04 bits per heavy atom. The minimum atomic E-state index is -0.849. The summed E-state index contributed by atoms with van der Waals surface area (Å²) in [5.41, 5.74) is 1.09. The fourth-order valence-corrected chi connectivity index (χ4v) is 3.97. The zero-order chi connectivity index (χ0) is 17.1. The topological polar surface area (TPSA) is 88.7 Å². The summed E-state index contributed by atoms with van der Waals surface area (Å²) in [5.74, 6) is 0.626. The van der Waals surface area contributed by atoms with Crippen molar-refractivity contribution in [2.45, 2.75) is 49.3 Å². The van der Waals surface area contributed by atoms with E-state index >= 15 is 0 Å². The highest BCUT2D eigenvalue weighted by Gasteiger charge is 2.47. The zero-order valence-corrected chi connectivity index (χ0v) is 15.0. The number of piperidine rings is 1. The van der Waals surface area contributed by atoms with E-state index in [1.54, 1.807) is 17.0 Å². The number of carbonyl (C=O) groups excluding carboxylic acids is 1. The molecule has 128 valence electrons. The predicted octanol–water partition coefficient (Wildman–Crippen LogP) is 2.18. The molecule has 7 nitrogen and oxygen atoms in total. The van der Waals surface area contributed by atoms with Crippen LogP contribution in [0.3, 0.4) is 0 Å². The van der Waals surface area contributed by atoms with Crippen LogP contribution in [0.4, 0.5) is 0 Å². The summed E-state index contributed by atoms with van der Waals surface area (Å²) < 4.78 is 10.8. The number of benzene rings is 1. The number of aromatic nitrogens is 2. The highest BCUT2D eigenvalue weighted by Crippen LogP contribution is 2.45. The van der Waals surface area contributed by atoms with Gasteiger partial charge in [0.2, 0.25) is 5.91 Å². The number of aliphatic hydroxyl groups is 1. The fourth-order valence-electron chi connectivity index (χ4n) is 3.49. The molecule has 2 aliphatic heterocycles. The van der Waals surface area contributed by atoms with Crippen LogP contribution in [0.15, 0.2) is 16.8 Å². The average Bonchev–Trinajstić information content (AvgIpc) is 2.95. The number of hydrogen-bond donors (Lipinski definition) is 1. The molecule has 0 spiro atoms. The van der Waals surface area contributed by atoms with E-state index in [9.17, 15) is 9.90 Å². The molecule has 2 aliphatic rings. The van der Waals surface area contributed by atoms with Gasteiger partial charge in [0.15, 0.2) is 0 Å². The third-order valence-corrected chi connectivity index (χ3v) is 5.61. The molecule has 0 bridgehead atoms. The number of ether oxygens (including phenoxy) is 1. The maximum Gasteiger partial charge on any atom is 0.224 e. The molecule has 0 radical (unpaired) electrons. The minimum absolute atomic E-state index is 0.0224. The molecule has 1 N–H and O–H groups in total. The molecule has 2 aromatic rings. The molecule has 3 atom stereocenters. The van der Waals surface area contributed by atoms with Crippen molar-refractivity contribution in [1.82, 2.24) is 15.2 Å². The van der Waals surface area contributed by atoms with Crippen molar-refractivity contribution in [3.05, 3.63) is 17.7 Å². The SMILES string of the molecule is CC1(C)Oc2cc3nonc3cc2C(N2CCC(Br)CC2=O)C1O. The molecule has 1 amide bonds. The summed E-state index contributed by atoms with van der Waals surface area (Å²) in [6, 6.07) is 3.07. The van der Waals surface area contributed by atoms with Crippen molar-refractivity contribution in [2.24, 2.45) is 0 Å². The van der Waals surface area contributed by atoms with Gasteiger partial charge in [-0.25, -0.2) is 4.63 Å². The van der Waals surface area contributed by atoms with Crippen LogP contribution in [-0.4, -0.2) is 49.3 Å². The molecule has 3 heterocycles. The van der Waals surface area contributed by atoms with E-state index in [0.717, 1.165) is 12.0 Å². The van der Waals surface area contributed by atoms with Crippen molar-refractivity contribution < 1.29 is 19.3 Å². The molecule has 1 saturated heterocycles. The number of fused-ring (bicyclic) bond motifs is 2. The minimum Gasteiger partial charge on any atom is -0.485 e. The van der Waals surface area contributed by atoms with Crippen LogP contribution in [0.25, 0.3) is 11.0 Å². The number of aliphatic hydroxyl groups excluding tert-OH is 1. The van der Waals surface area contributed by atoms with Gasteiger partial charge in [0.05, 0.1) is 6.04 Å². The predicted molar refractivity (Wildman–Crippen MR) is 88.9 cm³/mol. The van der Waals surface area contributed by atoms with E-state index in [2.05, 4.69) is 26.2 Å². The molecule has 1 fully saturated rings. The lowest BCUT2D eigenvalue weighted by molar-refractivity contribution is -0.147. The van der Waals surface area contributed by atoms with Crippen molar-refractivity contribution in [3.8, 4) is 5.75 Å². The first-order valence-corrected chi connectivity index (χ1v) is 8.85. The Morgan fingerprint density at radius 1 is 1.33 bits per heavy atom. The number of likely N-dealkylation sites (tertiary alicyclic amines) is 1. The maximum atomic E-state index is 12.6. The Balaban J connectivity index is 1.84. The number of carbonyl (C=O) groups is 1. The second-order valence-corrected chi connectivity index (χ2v) is 8.21. The van der Waals surface area contributed by atoms with Crippen LogP contribution >= 0.6 is 15.9 Å². The molecular weight excluding hydrogens is 378 g/mol. The lowest BCUT2D eigenvalue weighted by Crippen LogP contribution is -2.56. The molecule has 0 aliphatic carbocycles. The number of amides is 1. The first-order chi connectivity index (χ1) is 11.4. The van der Waals surface area contributed by atoms with Gasteiger partial charge in [0.1, 0.15) is 28.5 Å². The van der Waals surface area contributed by atoms with Gasteiger partial charge in [-0.15, -0.1) is 0 Å². The van der Waals surface area contributed by atoms with Gasteiger partial charge in [0.25, 0.3) is 0 Å². The molecule has 3 unspecified atom stereocenters. The lowest BCUT2D eigenvalue weighted by Gasteiger charge is -2.47. The highest BCUT2D eigenvalue weighted by atomic mass is 79.9. The first kappa shape index (κ1) is 15.8. The Morgan fingerprint density at radius 3 is 2.75 bits per heavy atom. The molecule has 4 rings (SSSR count). The third kappa shape index (κ3) is 2.39. The lowest BCUT2D eigenvalue weighted by atomic mass is 9.84. The normalized spacial score (nSPS) is 29.4. The van der Waals surface area contributed by atoms with Crippen LogP contribution in [0.5, 0.6) is 5.75 Å². The monoisotopic (exact) mass is 395 g/mol.